The zero-order valence-corrected chi connectivity index (χ0v) is 15.0. The van der Waals surface area contributed by atoms with Crippen molar-refractivity contribution in [2.75, 3.05) is 13.6 Å². The van der Waals surface area contributed by atoms with E-state index in [4.69, 9.17) is 5.14 Å². The molecule has 0 spiro atoms. The van der Waals surface area contributed by atoms with Crippen molar-refractivity contribution in [3.63, 3.8) is 0 Å². The van der Waals surface area contributed by atoms with E-state index in [1.54, 1.807) is 24.3 Å². The van der Waals surface area contributed by atoms with Gasteiger partial charge in [0.2, 0.25) is 19.9 Å². The molecule has 3 N–H and O–H groups in total. The molecule has 0 aliphatic heterocycles. The zero-order chi connectivity index (χ0) is 17.1. The van der Waals surface area contributed by atoms with Gasteiger partial charge in [0, 0.05) is 0 Å². The van der Waals surface area contributed by atoms with Crippen LogP contribution in [0, 0.1) is 0 Å². The van der Waals surface area contributed by atoms with Crippen molar-refractivity contribution in [3.05, 3.63) is 42.0 Å². The minimum Gasteiger partial charge on any atom is -0.320 e. The van der Waals surface area contributed by atoms with Crippen LogP contribution in [0.1, 0.15) is 12.0 Å². The molecule has 1 aromatic carbocycles. The fraction of sp³-hybridized carbons (Fsp3) is 0.286. The number of nitrogens with two attached hydrogens (primary N) is 1. The predicted molar refractivity (Wildman–Crippen MR) is 89.8 cm³/mol. The first-order valence-electron chi connectivity index (χ1n) is 6.86. The van der Waals surface area contributed by atoms with Gasteiger partial charge in [0.25, 0.3) is 0 Å². The second-order valence-electron chi connectivity index (χ2n) is 4.97. The van der Waals surface area contributed by atoms with E-state index >= 15 is 0 Å². The van der Waals surface area contributed by atoms with Gasteiger partial charge in [-0.25, -0.2) is 22.0 Å². The highest BCUT2D eigenvalue weighted by Gasteiger charge is 2.22. The van der Waals surface area contributed by atoms with E-state index in [2.05, 4.69) is 5.32 Å². The molecule has 0 amide bonds. The molecule has 6 nitrogen and oxygen atoms in total. The number of nitrogens with one attached hydrogen (secondary N) is 1. The maximum absolute atomic E-state index is 12.5. The molecular formula is C14H18N2O4S3. The normalized spacial score (nSPS) is 12.4. The number of rotatable bonds is 7. The molecule has 0 radical (unpaired) electrons. The Bertz CT molecular complexity index is 869. The van der Waals surface area contributed by atoms with Gasteiger partial charge in [0.15, 0.2) is 0 Å². The highest BCUT2D eigenvalue weighted by molar-refractivity contribution is 7.95. The average molecular weight is 375 g/mol. The molecule has 126 valence electrons. The highest BCUT2D eigenvalue weighted by atomic mass is 32.3. The van der Waals surface area contributed by atoms with E-state index in [0.29, 0.717) is 11.3 Å². The zero-order valence-electron chi connectivity index (χ0n) is 12.5. The third-order valence-corrected chi connectivity index (χ3v) is 8.01. The Morgan fingerprint density at radius 3 is 2.13 bits per heavy atom. The first-order chi connectivity index (χ1) is 10.7. The summed E-state index contributed by atoms with van der Waals surface area (Å²) < 4.78 is 47.4. The first kappa shape index (κ1) is 18.1. The van der Waals surface area contributed by atoms with Crippen LogP contribution in [0.15, 0.2) is 49.7 Å². The molecule has 0 aliphatic carbocycles. The van der Waals surface area contributed by atoms with Crippen LogP contribution in [0.3, 0.4) is 0 Å². The Morgan fingerprint density at radius 2 is 1.61 bits per heavy atom. The summed E-state index contributed by atoms with van der Waals surface area (Å²) in [7, 11) is -5.75. The summed E-state index contributed by atoms with van der Waals surface area (Å²) >= 11 is 0.653. The summed E-state index contributed by atoms with van der Waals surface area (Å²) in [5.74, 6) is 0. The van der Waals surface area contributed by atoms with Crippen LogP contribution < -0.4 is 10.5 Å². The molecule has 1 aromatic heterocycles. The van der Waals surface area contributed by atoms with Gasteiger partial charge in [0.1, 0.15) is 8.42 Å². The number of hydrogen-bond acceptors (Lipinski definition) is 6. The Balaban J connectivity index is 2.24. The fourth-order valence-corrected chi connectivity index (χ4v) is 5.61. The lowest BCUT2D eigenvalue weighted by molar-refractivity contribution is 0.597. The number of primary sulfonamides is 1. The lowest BCUT2D eigenvalue weighted by Gasteiger charge is -2.05. The third kappa shape index (κ3) is 4.39. The van der Waals surface area contributed by atoms with Gasteiger partial charge in [-0.05, 0) is 56.3 Å². The van der Waals surface area contributed by atoms with Crippen molar-refractivity contribution in [2.45, 2.75) is 26.2 Å². The van der Waals surface area contributed by atoms with Crippen molar-refractivity contribution in [2.24, 2.45) is 5.14 Å². The molecule has 1 heterocycles. The Hall–Kier alpha value is -1.26. The quantitative estimate of drug-likeness (QED) is 0.712. The van der Waals surface area contributed by atoms with Crippen molar-refractivity contribution in [1.29, 1.82) is 0 Å². The average Bonchev–Trinajstić information content (AvgIpc) is 2.99. The number of hydrogen-bond donors (Lipinski definition) is 2. The lowest BCUT2D eigenvalue weighted by atomic mass is 10.1. The summed E-state index contributed by atoms with van der Waals surface area (Å²) in [5.41, 5.74) is 1.05. The van der Waals surface area contributed by atoms with E-state index in [-0.39, 0.29) is 13.3 Å². The smallest absolute Gasteiger partial charge is 0.247 e. The van der Waals surface area contributed by atoms with Crippen LogP contribution in [0.2, 0.25) is 0 Å². The van der Waals surface area contributed by atoms with E-state index in [0.717, 1.165) is 24.9 Å². The molecule has 0 bridgehead atoms. The molecule has 0 aliphatic rings. The molecule has 0 fully saturated rings. The molecule has 2 aromatic rings. The SMILES string of the molecule is CNCCCc1ccc(S(=O)(=O)c2ccc(S(N)(=O)=O)s2)cc1. The molecule has 0 saturated carbocycles. The van der Waals surface area contributed by atoms with Crippen molar-refractivity contribution < 1.29 is 16.8 Å². The lowest BCUT2D eigenvalue weighted by Crippen LogP contribution is -2.09. The van der Waals surface area contributed by atoms with Crippen LogP contribution in [0.25, 0.3) is 0 Å². The Morgan fingerprint density at radius 1 is 1.00 bits per heavy atom. The summed E-state index contributed by atoms with van der Waals surface area (Å²) in [4.78, 5) is 0.137. The topological polar surface area (TPSA) is 106 Å². The van der Waals surface area contributed by atoms with Crippen molar-refractivity contribution in [1.82, 2.24) is 5.32 Å². The number of thiophene rings is 1. The molecule has 0 atom stereocenters. The molecule has 23 heavy (non-hydrogen) atoms. The van der Waals surface area contributed by atoms with Crippen molar-refractivity contribution >= 4 is 31.2 Å². The minimum atomic E-state index is -3.90. The van der Waals surface area contributed by atoms with Gasteiger partial charge < -0.3 is 5.32 Å². The first-order valence-corrected chi connectivity index (χ1v) is 10.7. The van der Waals surface area contributed by atoms with E-state index in [9.17, 15) is 16.8 Å². The maximum Gasteiger partial charge on any atom is 0.247 e. The highest BCUT2D eigenvalue weighted by Crippen LogP contribution is 2.29. The number of aryl methyl sites for hydroxylation is 1. The number of benzene rings is 1. The van der Waals surface area contributed by atoms with E-state index in [1.807, 2.05) is 7.05 Å². The molecular weight excluding hydrogens is 356 g/mol. The minimum absolute atomic E-state index is 0.0375. The third-order valence-electron chi connectivity index (χ3n) is 3.23. The second kappa shape index (κ2) is 7.10. The van der Waals surface area contributed by atoms with Gasteiger partial charge in [-0.2, -0.15) is 0 Å². The van der Waals surface area contributed by atoms with Gasteiger partial charge >= 0.3 is 0 Å². The standard InChI is InChI=1S/C14H18N2O4S3/c1-16-10-2-3-11-4-6-12(7-5-11)22(17,18)13-8-9-14(21-13)23(15,19)20/h4-9,16H,2-3,10H2,1H3,(H2,15,19,20). The molecule has 9 heteroatoms. The van der Waals surface area contributed by atoms with Gasteiger partial charge in [-0.3, -0.25) is 0 Å². The second-order valence-corrected chi connectivity index (χ2v) is 10.0. The van der Waals surface area contributed by atoms with Crippen LogP contribution in [0.4, 0.5) is 0 Å². The van der Waals surface area contributed by atoms with Crippen LogP contribution in [-0.4, -0.2) is 30.4 Å². The van der Waals surface area contributed by atoms with Gasteiger partial charge in [0.05, 0.1) is 4.90 Å². The van der Waals surface area contributed by atoms with Crippen LogP contribution in [-0.2, 0) is 26.3 Å². The van der Waals surface area contributed by atoms with E-state index in [1.165, 1.54) is 12.1 Å². The van der Waals surface area contributed by atoms with Gasteiger partial charge in [-0.15, -0.1) is 11.3 Å². The van der Waals surface area contributed by atoms with Gasteiger partial charge in [-0.1, -0.05) is 12.1 Å². The van der Waals surface area contributed by atoms with Crippen molar-refractivity contribution in [3.8, 4) is 0 Å². The molecule has 0 unspecified atom stereocenters. The summed E-state index contributed by atoms with van der Waals surface area (Å²) in [6, 6.07) is 9.10. The summed E-state index contributed by atoms with van der Waals surface area (Å²) in [5, 5.41) is 8.07. The van der Waals surface area contributed by atoms with Crippen LogP contribution in [0.5, 0.6) is 0 Å². The predicted octanol–water partition coefficient (Wildman–Crippen LogP) is 1.38. The molecule has 2 rings (SSSR count). The number of sulfone groups is 1. The monoisotopic (exact) mass is 374 g/mol. The van der Waals surface area contributed by atoms with E-state index < -0.39 is 19.9 Å². The summed E-state index contributed by atoms with van der Waals surface area (Å²) in [6.45, 7) is 0.894. The molecule has 0 saturated heterocycles. The number of sulfonamides is 1. The maximum atomic E-state index is 12.5. The summed E-state index contributed by atoms with van der Waals surface area (Å²) in [6.07, 6.45) is 1.82. The Labute approximate surface area is 140 Å². The Kier molecular flexibility index (Phi) is 5.58. The largest absolute Gasteiger partial charge is 0.320 e. The van der Waals surface area contributed by atoms with Crippen LogP contribution >= 0.6 is 11.3 Å². The fourth-order valence-electron chi connectivity index (χ4n) is 2.02.